The summed E-state index contributed by atoms with van der Waals surface area (Å²) < 4.78 is 0. The average Bonchev–Trinajstić information content (AvgIpc) is 2.42. The third-order valence-electron chi connectivity index (χ3n) is 2.83. The van der Waals surface area contributed by atoms with Gasteiger partial charge in [-0.25, -0.2) is 0 Å². The van der Waals surface area contributed by atoms with Crippen molar-refractivity contribution in [1.29, 1.82) is 0 Å². The summed E-state index contributed by atoms with van der Waals surface area (Å²) in [4.78, 5) is 4.24. The smallest absolute Gasteiger partial charge is 0.188 e. The van der Waals surface area contributed by atoms with Gasteiger partial charge < -0.3 is 11.1 Å². The first-order valence-corrected chi connectivity index (χ1v) is 5.60. The van der Waals surface area contributed by atoms with Crippen molar-refractivity contribution in [2.45, 2.75) is 52.5 Å². The van der Waals surface area contributed by atoms with Gasteiger partial charge in [0, 0.05) is 12.6 Å². The van der Waals surface area contributed by atoms with E-state index in [1.807, 2.05) is 0 Å². The molecule has 0 amide bonds. The summed E-state index contributed by atoms with van der Waals surface area (Å²) in [6, 6.07) is 0.533. The van der Waals surface area contributed by atoms with E-state index in [-0.39, 0.29) is 0 Å². The molecule has 0 aromatic carbocycles. The van der Waals surface area contributed by atoms with Crippen LogP contribution in [-0.4, -0.2) is 18.5 Å². The maximum absolute atomic E-state index is 5.77. The Bertz CT molecular complexity index is 209. The SMILES string of the molecule is CCCN=C(N)NC1CCC(C)(C)C1. The third-order valence-corrected chi connectivity index (χ3v) is 2.83. The normalized spacial score (nSPS) is 26.5. The van der Waals surface area contributed by atoms with Gasteiger partial charge in [0.15, 0.2) is 5.96 Å². The zero-order chi connectivity index (χ0) is 10.6. The van der Waals surface area contributed by atoms with Crippen molar-refractivity contribution in [3.8, 4) is 0 Å². The maximum atomic E-state index is 5.77. The molecule has 3 nitrogen and oxygen atoms in total. The maximum Gasteiger partial charge on any atom is 0.188 e. The molecule has 1 unspecified atom stereocenters. The van der Waals surface area contributed by atoms with Crippen LogP contribution in [0.3, 0.4) is 0 Å². The number of nitrogens with two attached hydrogens (primary N) is 1. The summed E-state index contributed by atoms with van der Waals surface area (Å²) in [6.45, 7) is 7.56. The third kappa shape index (κ3) is 3.56. The van der Waals surface area contributed by atoms with Gasteiger partial charge in [-0.1, -0.05) is 20.8 Å². The van der Waals surface area contributed by atoms with Crippen molar-refractivity contribution in [1.82, 2.24) is 5.32 Å². The Kier molecular flexibility index (Phi) is 3.78. The van der Waals surface area contributed by atoms with Gasteiger partial charge in [-0.3, -0.25) is 4.99 Å². The first kappa shape index (κ1) is 11.3. The molecule has 1 saturated carbocycles. The van der Waals surface area contributed by atoms with Crippen LogP contribution in [0.15, 0.2) is 4.99 Å². The lowest BCUT2D eigenvalue weighted by Gasteiger charge is -2.18. The van der Waals surface area contributed by atoms with Crippen LogP contribution in [0.25, 0.3) is 0 Å². The average molecular weight is 197 g/mol. The van der Waals surface area contributed by atoms with E-state index in [9.17, 15) is 0 Å². The number of aliphatic imine (C=N–C) groups is 1. The first-order chi connectivity index (χ1) is 6.53. The Morgan fingerprint density at radius 3 is 2.79 bits per heavy atom. The number of hydrogen-bond donors (Lipinski definition) is 2. The minimum atomic E-state index is 0.475. The van der Waals surface area contributed by atoms with Crippen molar-refractivity contribution in [3.63, 3.8) is 0 Å². The summed E-state index contributed by atoms with van der Waals surface area (Å²) in [5, 5.41) is 3.30. The number of nitrogens with zero attached hydrogens (tertiary/aromatic N) is 1. The molecule has 1 atom stereocenters. The molecular weight excluding hydrogens is 174 g/mol. The lowest BCUT2D eigenvalue weighted by Crippen LogP contribution is -2.39. The van der Waals surface area contributed by atoms with E-state index in [1.165, 1.54) is 19.3 Å². The fourth-order valence-electron chi connectivity index (χ4n) is 2.05. The molecule has 0 bridgehead atoms. The predicted molar refractivity (Wildman–Crippen MR) is 61.3 cm³/mol. The first-order valence-electron chi connectivity index (χ1n) is 5.60. The molecule has 0 aromatic rings. The fraction of sp³-hybridized carbons (Fsp3) is 0.909. The molecule has 0 radical (unpaired) electrons. The van der Waals surface area contributed by atoms with Crippen molar-refractivity contribution in [2.24, 2.45) is 16.1 Å². The van der Waals surface area contributed by atoms with E-state index < -0.39 is 0 Å². The predicted octanol–water partition coefficient (Wildman–Crippen LogP) is 1.88. The van der Waals surface area contributed by atoms with Gasteiger partial charge in [-0.15, -0.1) is 0 Å². The van der Waals surface area contributed by atoms with Gasteiger partial charge in [0.05, 0.1) is 0 Å². The molecule has 0 heterocycles. The van der Waals surface area contributed by atoms with Gasteiger partial charge in [0.1, 0.15) is 0 Å². The standard InChI is InChI=1S/C11H23N3/c1-4-7-13-10(12)14-9-5-6-11(2,3)8-9/h9H,4-8H2,1-3H3,(H3,12,13,14). The second-order valence-corrected chi connectivity index (χ2v) is 5.02. The molecule has 1 aliphatic rings. The highest BCUT2D eigenvalue weighted by Gasteiger charge is 2.30. The van der Waals surface area contributed by atoms with E-state index in [4.69, 9.17) is 5.73 Å². The Labute approximate surface area is 87.2 Å². The Hall–Kier alpha value is -0.730. The van der Waals surface area contributed by atoms with Crippen molar-refractivity contribution in [2.75, 3.05) is 6.54 Å². The number of nitrogens with one attached hydrogen (secondary N) is 1. The highest BCUT2D eigenvalue weighted by molar-refractivity contribution is 5.78. The van der Waals surface area contributed by atoms with Crippen LogP contribution in [0.4, 0.5) is 0 Å². The molecule has 0 spiro atoms. The second-order valence-electron chi connectivity index (χ2n) is 5.02. The van der Waals surface area contributed by atoms with E-state index in [0.717, 1.165) is 13.0 Å². The lowest BCUT2D eigenvalue weighted by atomic mass is 9.92. The molecule has 3 N–H and O–H groups in total. The highest BCUT2D eigenvalue weighted by atomic mass is 15.1. The Balaban J connectivity index is 2.32. The molecule has 1 rings (SSSR count). The van der Waals surface area contributed by atoms with Crippen LogP contribution in [0.5, 0.6) is 0 Å². The van der Waals surface area contributed by atoms with Crippen LogP contribution < -0.4 is 11.1 Å². The zero-order valence-corrected chi connectivity index (χ0v) is 9.64. The van der Waals surface area contributed by atoms with Crippen LogP contribution in [-0.2, 0) is 0 Å². The topological polar surface area (TPSA) is 50.4 Å². The Morgan fingerprint density at radius 2 is 2.29 bits per heavy atom. The van der Waals surface area contributed by atoms with Crippen LogP contribution >= 0.6 is 0 Å². The van der Waals surface area contributed by atoms with Crippen LogP contribution in [0.1, 0.15) is 46.5 Å². The molecule has 1 fully saturated rings. The number of rotatable bonds is 3. The summed E-state index contributed by atoms with van der Waals surface area (Å²) in [5.41, 5.74) is 6.24. The van der Waals surface area contributed by atoms with Crippen molar-refractivity contribution >= 4 is 5.96 Å². The van der Waals surface area contributed by atoms with Crippen LogP contribution in [0, 0.1) is 5.41 Å². The summed E-state index contributed by atoms with van der Waals surface area (Å²) in [6.07, 6.45) is 4.76. The van der Waals surface area contributed by atoms with E-state index in [1.54, 1.807) is 0 Å². The van der Waals surface area contributed by atoms with Gasteiger partial charge in [0.25, 0.3) is 0 Å². The molecule has 0 aromatic heterocycles. The molecule has 82 valence electrons. The van der Waals surface area contributed by atoms with Crippen molar-refractivity contribution in [3.05, 3.63) is 0 Å². The lowest BCUT2D eigenvalue weighted by molar-refractivity contribution is 0.372. The van der Waals surface area contributed by atoms with Crippen LogP contribution in [0.2, 0.25) is 0 Å². The summed E-state index contributed by atoms with van der Waals surface area (Å²) in [7, 11) is 0. The minimum Gasteiger partial charge on any atom is -0.370 e. The minimum absolute atomic E-state index is 0.475. The van der Waals surface area contributed by atoms with Gasteiger partial charge in [0.2, 0.25) is 0 Å². The van der Waals surface area contributed by atoms with E-state index >= 15 is 0 Å². The van der Waals surface area contributed by atoms with Gasteiger partial charge in [-0.2, -0.15) is 0 Å². The zero-order valence-electron chi connectivity index (χ0n) is 9.64. The summed E-state index contributed by atoms with van der Waals surface area (Å²) in [5.74, 6) is 0.620. The molecule has 0 saturated heterocycles. The fourth-order valence-corrected chi connectivity index (χ4v) is 2.05. The van der Waals surface area contributed by atoms with Gasteiger partial charge >= 0.3 is 0 Å². The van der Waals surface area contributed by atoms with E-state index in [2.05, 4.69) is 31.1 Å². The Morgan fingerprint density at radius 1 is 1.57 bits per heavy atom. The number of hydrogen-bond acceptors (Lipinski definition) is 1. The van der Waals surface area contributed by atoms with E-state index in [0.29, 0.717) is 17.4 Å². The molecule has 14 heavy (non-hydrogen) atoms. The number of guanidine groups is 1. The molecule has 1 aliphatic carbocycles. The highest BCUT2D eigenvalue weighted by Crippen LogP contribution is 2.36. The summed E-state index contributed by atoms with van der Waals surface area (Å²) >= 11 is 0. The largest absolute Gasteiger partial charge is 0.370 e. The monoisotopic (exact) mass is 197 g/mol. The molecular formula is C11H23N3. The second kappa shape index (κ2) is 4.67. The quantitative estimate of drug-likeness (QED) is 0.536. The van der Waals surface area contributed by atoms with Gasteiger partial charge in [-0.05, 0) is 31.1 Å². The van der Waals surface area contributed by atoms with Crippen molar-refractivity contribution < 1.29 is 0 Å². The molecule has 0 aliphatic heterocycles. The molecule has 3 heteroatoms.